The molecule has 4 rings (SSSR count). The normalized spacial score (nSPS) is 17.9. The van der Waals surface area contributed by atoms with Crippen LogP contribution in [0.5, 0.6) is 0 Å². The van der Waals surface area contributed by atoms with E-state index in [9.17, 15) is 4.79 Å². The molecular weight excluding hydrogens is 364 g/mol. The van der Waals surface area contributed by atoms with Crippen molar-refractivity contribution in [2.75, 3.05) is 42.5 Å². The van der Waals surface area contributed by atoms with E-state index >= 15 is 0 Å². The molecule has 7 nitrogen and oxygen atoms in total. The lowest BCUT2D eigenvalue weighted by atomic mass is 9.95. The molecule has 4 heterocycles. The van der Waals surface area contributed by atoms with Crippen molar-refractivity contribution in [2.24, 2.45) is 5.92 Å². The zero-order valence-corrected chi connectivity index (χ0v) is 17.0. The quantitative estimate of drug-likeness (QED) is 0.811. The fraction of sp³-hybridized carbons (Fsp3) is 0.545. The van der Waals surface area contributed by atoms with Crippen LogP contribution in [0.3, 0.4) is 0 Å². The first-order chi connectivity index (χ1) is 14.3. The van der Waals surface area contributed by atoms with Gasteiger partial charge in [0, 0.05) is 51.0 Å². The maximum absolute atomic E-state index is 12.5. The summed E-state index contributed by atoms with van der Waals surface area (Å²) in [6.45, 7) is 4.53. The van der Waals surface area contributed by atoms with Gasteiger partial charge in [0.15, 0.2) is 0 Å². The molecule has 0 atom stereocenters. The minimum Gasteiger partial charge on any atom is -0.369 e. The van der Waals surface area contributed by atoms with E-state index in [2.05, 4.69) is 30.1 Å². The van der Waals surface area contributed by atoms with Crippen LogP contribution in [0.1, 0.15) is 37.7 Å². The first-order valence-electron chi connectivity index (χ1n) is 10.8. The Labute approximate surface area is 172 Å². The maximum Gasteiger partial charge on any atom is 0.225 e. The van der Waals surface area contributed by atoms with Crippen molar-refractivity contribution in [1.29, 1.82) is 0 Å². The van der Waals surface area contributed by atoms with Crippen molar-refractivity contribution in [3.8, 4) is 0 Å². The predicted molar refractivity (Wildman–Crippen MR) is 114 cm³/mol. The molecule has 2 fully saturated rings. The van der Waals surface area contributed by atoms with Gasteiger partial charge in [-0.1, -0.05) is 0 Å². The summed E-state index contributed by atoms with van der Waals surface area (Å²) in [4.78, 5) is 30.2. The number of carbonyl (C=O) groups excluding carboxylic acids is 1. The van der Waals surface area contributed by atoms with E-state index in [-0.39, 0.29) is 11.8 Å². The lowest BCUT2D eigenvalue weighted by molar-refractivity contribution is -0.125. The van der Waals surface area contributed by atoms with Crippen molar-refractivity contribution in [3.63, 3.8) is 0 Å². The molecular formula is C22H30N6O. The van der Waals surface area contributed by atoms with Gasteiger partial charge in [-0.15, -0.1) is 0 Å². The molecule has 2 aromatic rings. The minimum absolute atomic E-state index is 0.0947. The highest BCUT2D eigenvalue weighted by Gasteiger charge is 2.25. The number of hydrogen-bond acceptors (Lipinski definition) is 6. The third-order valence-corrected chi connectivity index (χ3v) is 5.96. The number of nitrogens with zero attached hydrogens (tertiary/aromatic N) is 5. The largest absolute Gasteiger partial charge is 0.369 e. The van der Waals surface area contributed by atoms with Gasteiger partial charge in [-0.25, -0.2) is 9.97 Å². The molecule has 0 unspecified atom stereocenters. The van der Waals surface area contributed by atoms with Crippen LogP contribution >= 0.6 is 0 Å². The van der Waals surface area contributed by atoms with Gasteiger partial charge in [0.25, 0.3) is 0 Å². The number of anilines is 2. The number of aromatic nitrogens is 3. The van der Waals surface area contributed by atoms with Gasteiger partial charge in [-0.2, -0.15) is 0 Å². The molecule has 2 aliphatic heterocycles. The molecule has 0 aromatic carbocycles. The molecule has 2 saturated heterocycles. The van der Waals surface area contributed by atoms with Crippen LogP contribution in [0, 0.1) is 5.92 Å². The summed E-state index contributed by atoms with van der Waals surface area (Å²) in [6.07, 6.45) is 13.8. The van der Waals surface area contributed by atoms with Gasteiger partial charge in [0.2, 0.25) is 11.9 Å². The number of piperidine rings is 2. The fourth-order valence-corrected chi connectivity index (χ4v) is 4.16. The summed E-state index contributed by atoms with van der Waals surface area (Å²) in [5.41, 5.74) is 2.26. The molecule has 0 radical (unpaired) electrons. The van der Waals surface area contributed by atoms with Gasteiger partial charge in [-0.3, -0.25) is 9.78 Å². The number of amides is 1. The Kier molecular flexibility index (Phi) is 6.54. The van der Waals surface area contributed by atoms with Crippen LogP contribution in [-0.2, 0) is 11.2 Å². The first kappa shape index (κ1) is 19.6. The molecule has 0 saturated carbocycles. The van der Waals surface area contributed by atoms with E-state index in [1.54, 1.807) is 12.4 Å². The lowest BCUT2D eigenvalue weighted by Gasteiger charge is -2.33. The highest BCUT2D eigenvalue weighted by molar-refractivity contribution is 5.79. The number of carbonyl (C=O) groups is 1. The first-order valence-corrected chi connectivity index (χ1v) is 10.8. The minimum atomic E-state index is 0.0947. The van der Waals surface area contributed by atoms with Crippen LogP contribution < -0.4 is 15.1 Å². The smallest absolute Gasteiger partial charge is 0.225 e. The second kappa shape index (κ2) is 9.67. The SMILES string of the molecule is O=C(NCCc1ccncc1)C1CCN(c2cnc(N3CCCCC3)nc2)CC1. The summed E-state index contributed by atoms with van der Waals surface area (Å²) in [7, 11) is 0. The Morgan fingerprint density at radius 3 is 2.34 bits per heavy atom. The summed E-state index contributed by atoms with van der Waals surface area (Å²) in [5, 5.41) is 3.09. The molecule has 154 valence electrons. The fourth-order valence-electron chi connectivity index (χ4n) is 4.16. The van der Waals surface area contributed by atoms with Crippen LogP contribution in [0.4, 0.5) is 11.6 Å². The Morgan fingerprint density at radius 1 is 0.966 bits per heavy atom. The molecule has 0 aliphatic carbocycles. The van der Waals surface area contributed by atoms with Crippen LogP contribution in [0.25, 0.3) is 0 Å². The van der Waals surface area contributed by atoms with E-state index in [0.29, 0.717) is 6.54 Å². The van der Waals surface area contributed by atoms with Crippen LogP contribution in [-0.4, -0.2) is 53.6 Å². The van der Waals surface area contributed by atoms with Crippen molar-refractivity contribution in [1.82, 2.24) is 20.3 Å². The third kappa shape index (κ3) is 5.22. The standard InChI is InChI=1S/C22H30N6O/c29-21(24-11-6-18-4-9-23-10-5-18)19-7-14-27(15-8-19)20-16-25-22(26-17-20)28-12-2-1-3-13-28/h4-5,9-10,16-17,19H,1-3,6-8,11-15H2,(H,24,29). The van der Waals surface area contributed by atoms with Gasteiger partial charge in [0.05, 0.1) is 18.1 Å². The van der Waals surface area contributed by atoms with Gasteiger partial charge < -0.3 is 15.1 Å². The molecule has 2 aromatic heterocycles. The molecule has 29 heavy (non-hydrogen) atoms. The Morgan fingerprint density at radius 2 is 1.66 bits per heavy atom. The summed E-state index contributed by atoms with van der Waals surface area (Å²) in [6, 6.07) is 3.98. The second-order valence-electron chi connectivity index (χ2n) is 7.95. The Balaban J connectivity index is 1.22. The maximum atomic E-state index is 12.5. The monoisotopic (exact) mass is 394 g/mol. The Hall–Kier alpha value is -2.70. The van der Waals surface area contributed by atoms with E-state index in [0.717, 1.165) is 57.1 Å². The van der Waals surface area contributed by atoms with E-state index in [4.69, 9.17) is 0 Å². The highest BCUT2D eigenvalue weighted by atomic mass is 16.1. The van der Waals surface area contributed by atoms with Gasteiger partial charge >= 0.3 is 0 Å². The van der Waals surface area contributed by atoms with Gasteiger partial charge in [-0.05, 0) is 56.2 Å². The molecule has 2 aliphatic rings. The van der Waals surface area contributed by atoms with Crippen molar-refractivity contribution >= 4 is 17.5 Å². The zero-order chi connectivity index (χ0) is 19.9. The molecule has 1 N–H and O–H groups in total. The summed E-state index contributed by atoms with van der Waals surface area (Å²) < 4.78 is 0. The molecule has 1 amide bonds. The molecule has 7 heteroatoms. The zero-order valence-electron chi connectivity index (χ0n) is 17.0. The van der Waals surface area contributed by atoms with E-state index in [1.807, 2.05) is 24.5 Å². The Bertz CT molecular complexity index is 768. The summed E-state index contributed by atoms with van der Waals surface area (Å²) in [5.74, 6) is 1.12. The van der Waals surface area contributed by atoms with Crippen molar-refractivity contribution in [3.05, 3.63) is 42.5 Å². The second-order valence-corrected chi connectivity index (χ2v) is 7.95. The average Bonchev–Trinajstić information content (AvgIpc) is 2.80. The average molecular weight is 395 g/mol. The number of hydrogen-bond donors (Lipinski definition) is 1. The lowest BCUT2D eigenvalue weighted by Crippen LogP contribution is -2.41. The number of nitrogens with one attached hydrogen (secondary N) is 1. The topological polar surface area (TPSA) is 74.2 Å². The predicted octanol–water partition coefficient (Wildman–Crippen LogP) is 2.44. The number of pyridine rings is 1. The van der Waals surface area contributed by atoms with E-state index < -0.39 is 0 Å². The number of rotatable bonds is 6. The third-order valence-electron chi connectivity index (χ3n) is 5.96. The van der Waals surface area contributed by atoms with Crippen molar-refractivity contribution in [2.45, 2.75) is 38.5 Å². The molecule has 0 bridgehead atoms. The molecule has 0 spiro atoms. The summed E-state index contributed by atoms with van der Waals surface area (Å²) >= 11 is 0. The van der Waals surface area contributed by atoms with Crippen molar-refractivity contribution < 1.29 is 4.79 Å². The van der Waals surface area contributed by atoms with Gasteiger partial charge in [0.1, 0.15) is 0 Å². The van der Waals surface area contributed by atoms with Crippen LogP contribution in [0.2, 0.25) is 0 Å². The van der Waals surface area contributed by atoms with E-state index in [1.165, 1.54) is 24.8 Å². The highest BCUT2D eigenvalue weighted by Crippen LogP contribution is 2.24. The van der Waals surface area contributed by atoms with Crippen LogP contribution in [0.15, 0.2) is 36.9 Å².